The number of nitrogens with one attached hydrogen (secondary N) is 3. The van der Waals surface area contributed by atoms with Crippen LogP contribution in [0.15, 0.2) is 89.6 Å². The van der Waals surface area contributed by atoms with E-state index in [1.165, 1.54) is 10.9 Å². The van der Waals surface area contributed by atoms with Crippen molar-refractivity contribution in [1.29, 1.82) is 0 Å². The number of hydrogen-bond acceptors (Lipinski definition) is 4. The summed E-state index contributed by atoms with van der Waals surface area (Å²) in [5, 5.41) is 10.9. The maximum absolute atomic E-state index is 12.3. The van der Waals surface area contributed by atoms with E-state index in [0.717, 1.165) is 23.2 Å². The van der Waals surface area contributed by atoms with Crippen molar-refractivity contribution >= 4 is 28.3 Å². The zero-order valence-corrected chi connectivity index (χ0v) is 17.2. The number of amides is 2. The van der Waals surface area contributed by atoms with Gasteiger partial charge >= 0.3 is 6.03 Å². The molecule has 0 saturated carbocycles. The number of aromatic amines is 1. The highest BCUT2D eigenvalue weighted by molar-refractivity contribution is 6.00. The van der Waals surface area contributed by atoms with Crippen LogP contribution in [-0.2, 0) is 12.8 Å². The highest BCUT2D eigenvalue weighted by Crippen LogP contribution is 2.22. The number of anilines is 2. The average Bonchev–Trinajstić information content (AvgIpc) is 3.46. The summed E-state index contributed by atoms with van der Waals surface area (Å²) in [4.78, 5) is 20.1. The van der Waals surface area contributed by atoms with Gasteiger partial charge in [0.05, 0.1) is 0 Å². The van der Waals surface area contributed by atoms with Gasteiger partial charge in [-0.25, -0.2) is 4.79 Å². The van der Waals surface area contributed by atoms with Gasteiger partial charge in [0.1, 0.15) is 0 Å². The first kappa shape index (κ1) is 19.6. The first-order valence-electron chi connectivity index (χ1n) is 10.4. The van der Waals surface area contributed by atoms with E-state index in [-0.39, 0.29) is 6.03 Å². The Hall–Kier alpha value is -4.39. The molecule has 7 nitrogen and oxygen atoms in total. The maximum Gasteiger partial charge on any atom is 0.323 e. The van der Waals surface area contributed by atoms with Gasteiger partial charge in [-0.2, -0.15) is 4.98 Å². The zero-order valence-electron chi connectivity index (χ0n) is 17.2. The third-order valence-electron chi connectivity index (χ3n) is 5.16. The summed E-state index contributed by atoms with van der Waals surface area (Å²) < 4.78 is 5.46. The Bertz CT molecular complexity index is 1360. The molecule has 0 bridgehead atoms. The van der Waals surface area contributed by atoms with Crippen LogP contribution in [-0.4, -0.2) is 21.2 Å². The van der Waals surface area contributed by atoms with Gasteiger partial charge in [0.2, 0.25) is 11.7 Å². The van der Waals surface area contributed by atoms with Crippen LogP contribution < -0.4 is 10.6 Å². The summed E-state index contributed by atoms with van der Waals surface area (Å²) in [6, 6.07) is 24.5. The Morgan fingerprint density at radius 3 is 2.56 bits per heavy atom. The van der Waals surface area contributed by atoms with Crippen molar-refractivity contribution in [2.45, 2.75) is 12.8 Å². The van der Waals surface area contributed by atoms with Gasteiger partial charge in [-0.3, -0.25) is 0 Å². The number of carbonyl (C=O) groups excluding carboxylic acids is 1. The van der Waals surface area contributed by atoms with Crippen LogP contribution in [0.2, 0.25) is 0 Å². The second-order valence-corrected chi connectivity index (χ2v) is 7.40. The van der Waals surface area contributed by atoms with Crippen molar-refractivity contribution in [2.75, 3.05) is 10.6 Å². The summed E-state index contributed by atoms with van der Waals surface area (Å²) in [6.07, 6.45) is 3.47. The minimum atomic E-state index is -0.319. The van der Waals surface area contributed by atoms with Crippen molar-refractivity contribution in [1.82, 2.24) is 15.1 Å². The number of nitrogens with zero attached hydrogens (tertiary/aromatic N) is 2. The molecule has 7 heteroatoms. The van der Waals surface area contributed by atoms with Crippen molar-refractivity contribution in [2.24, 2.45) is 0 Å². The first-order chi connectivity index (χ1) is 15.7. The smallest absolute Gasteiger partial charge is 0.323 e. The minimum absolute atomic E-state index is 0.319. The Morgan fingerprint density at radius 2 is 1.66 bits per heavy atom. The zero-order chi connectivity index (χ0) is 21.8. The Balaban J connectivity index is 1.24. The molecule has 2 amide bonds. The number of aromatic nitrogens is 3. The fourth-order valence-electron chi connectivity index (χ4n) is 3.60. The number of para-hydroxylation sites is 2. The van der Waals surface area contributed by atoms with E-state index in [0.29, 0.717) is 23.8 Å². The predicted octanol–water partition coefficient (Wildman–Crippen LogP) is 5.65. The van der Waals surface area contributed by atoms with Crippen LogP contribution in [0.4, 0.5) is 16.2 Å². The van der Waals surface area contributed by atoms with Crippen LogP contribution in [0, 0.1) is 0 Å². The van der Waals surface area contributed by atoms with Crippen LogP contribution in [0.3, 0.4) is 0 Å². The molecule has 5 rings (SSSR count). The van der Waals surface area contributed by atoms with Crippen LogP contribution in [0.25, 0.3) is 22.3 Å². The first-order valence-corrected chi connectivity index (χ1v) is 10.4. The molecule has 0 radical (unpaired) electrons. The Morgan fingerprint density at radius 1 is 0.875 bits per heavy atom. The van der Waals surface area contributed by atoms with Gasteiger partial charge in [-0.15, -0.1) is 0 Å². The lowest BCUT2D eigenvalue weighted by Crippen LogP contribution is -2.19. The normalized spacial score (nSPS) is 10.9. The summed E-state index contributed by atoms with van der Waals surface area (Å²) in [5.74, 6) is 1.07. The second-order valence-electron chi connectivity index (χ2n) is 7.40. The molecule has 158 valence electrons. The van der Waals surface area contributed by atoms with Gasteiger partial charge < -0.3 is 20.1 Å². The molecule has 0 aliphatic carbocycles. The van der Waals surface area contributed by atoms with Crippen molar-refractivity contribution in [3.63, 3.8) is 0 Å². The number of aryl methyl sites for hydroxylation is 2. The summed E-state index contributed by atoms with van der Waals surface area (Å²) >= 11 is 0. The minimum Gasteiger partial charge on any atom is -0.361 e. The SMILES string of the molecule is O=C(Nc1ccccc1)Nc1cccc(-c2noc(CCc3c[nH]c4ccccc34)n2)c1. The van der Waals surface area contributed by atoms with E-state index >= 15 is 0 Å². The fraction of sp³-hybridized carbons (Fsp3) is 0.0800. The quantitative estimate of drug-likeness (QED) is 0.329. The molecule has 0 aliphatic heterocycles. The molecule has 0 saturated heterocycles. The molecule has 0 unspecified atom stereocenters. The summed E-state index contributed by atoms with van der Waals surface area (Å²) in [7, 11) is 0. The number of benzene rings is 3. The van der Waals surface area contributed by atoms with E-state index in [9.17, 15) is 4.79 Å². The van der Waals surface area contributed by atoms with Crippen LogP contribution in [0.5, 0.6) is 0 Å². The van der Waals surface area contributed by atoms with Gasteiger partial charge in [0, 0.05) is 40.5 Å². The molecule has 5 aromatic rings. The fourth-order valence-corrected chi connectivity index (χ4v) is 3.60. The number of fused-ring (bicyclic) bond motifs is 1. The molecule has 2 aromatic heterocycles. The molecule has 2 heterocycles. The monoisotopic (exact) mass is 423 g/mol. The summed E-state index contributed by atoms with van der Waals surface area (Å²) in [5.41, 5.74) is 4.47. The molecule has 0 spiro atoms. The molecule has 3 aromatic carbocycles. The van der Waals surface area contributed by atoms with E-state index < -0.39 is 0 Å². The Kier molecular flexibility index (Phi) is 5.36. The second kappa shape index (κ2) is 8.77. The number of urea groups is 1. The van der Waals surface area contributed by atoms with Crippen molar-refractivity contribution < 1.29 is 9.32 Å². The van der Waals surface area contributed by atoms with Crippen molar-refractivity contribution in [3.05, 3.63) is 96.5 Å². The number of carbonyl (C=O) groups is 1. The van der Waals surface area contributed by atoms with Gasteiger partial charge in [0.15, 0.2) is 0 Å². The van der Waals surface area contributed by atoms with E-state index in [1.54, 1.807) is 0 Å². The number of H-pyrrole nitrogens is 1. The molecule has 3 N–H and O–H groups in total. The van der Waals surface area contributed by atoms with E-state index in [4.69, 9.17) is 4.52 Å². The van der Waals surface area contributed by atoms with Crippen LogP contribution >= 0.6 is 0 Å². The Labute approximate surface area is 184 Å². The molecule has 0 aliphatic rings. The highest BCUT2D eigenvalue weighted by Gasteiger charge is 2.12. The predicted molar refractivity (Wildman–Crippen MR) is 125 cm³/mol. The van der Waals surface area contributed by atoms with E-state index in [1.807, 2.05) is 72.9 Å². The third-order valence-corrected chi connectivity index (χ3v) is 5.16. The largest absolute Gasteiger partial charge is 0.361 e. The molecule has 0 atom stereocenters. The van der Waals surface area contributed by atoms with Gasteiger partial charge in [-0.05, 0) is 42.3 Å². The number of rotatable bonds is 6. The van der Waals surface area contributed by atoms with Gasteiger partial charge in [-0.1, -0.05) is 53.7 Å². The highest BCUT2D eigenvalue weighted by atomic mass is 16.5. The summed E-state index contributed by atoms with van der Waals surface area (Å²) in [6.45, 7) is 0. The molecule has 32 heavy (non-hydrogen) atoms. The average molecular weight is 423 g/mol. The molecular weight excluding hydrogens is 402 g/mol. The molecular formula is C25H21N5O2. The van der Waals surface area contributed by atoms with Gasteiger partial charge in [0.25, 0.3) is 0 Å². The number of hydrogen-bond donors (Lipinski definition) is 3. The molecule has 0 fully saturated rings. The topological polar surface area (TPSA) is 95.8 Å². The third kappa shape index (κ3) is 4.37. The lowest BCUT2D eigenvalue weighted by Gasteiger charge is -2.08. The van der Waals surface area contributed by atoms with E-state index in [2.05, 4.69) is 37.9 Å². The lowest BCUT2D eigenvalue weighted by atomic mass is 10.1. The standard InChI is InChI=1S/C25H21N5O2/c31-25(27-19-8-2-1-3-9-19)28-20-10-6-7-17(15-20)24-29-23(32-30-24)14-13-18-16-26-22-12-5-4-11-21(18)22/h1-12,15-16,26H,13-14H2,(H2,27,28,31). The lowest BCUT2D eigenvalue weighted by molar-refractivity contribution is 0.262. The maximum atomic E-state index is 12.3. The van der Waals surface area contributed by atoms with Crippen LogP contribution in [0.1, 0.15) is 11.5 Å². The van der Waals surface area contributed by atoms with Crippen molar-refractivity contribution in [3.8, 4) is 11.4 Å².